The van der Waals surface area contributed by atoms with Crippen molar-refractivity contribution in [1.82, 2.24) is 0 Å². The molecule has 0 radical (unpaired) electrons. The van der Waals surface area contributed by atoms with E-state index in [1.807, 2.05) is 0 Å². The van der Waals surface area contributed by atoms with Gasteiger partial charge in [-0.15, -0.1) is 0 Å². The quantitative estimate of drug-likeness (QED) is 0.190. The molecule has 0 aromatic heterocycles. The molecule has 0 fully saturated rings. The second-order valence-electron chi connectivity index (χ2n) is 4.75. The number of aryl methyl sites for hydroxylation is 1. The van der Waals surface area contributed by atoms with Crippen molar-refractivity contribution in [1.29, 1.82) is 0 Å². The molecule has 0 spiro atoms. The number of ketones is 1. The van der Waals surface area contributed by atoms with Gasteiger partial charge in [0.25, 0.3) is 0 Å². The molecule has 0 aliphatic carbocycles. The summed E-state index contributed by atoms with van der Waals surface area (Å²) in [5.41, 5.74) is 0.483. The smallest absolute Gasteiger partial charge is 0.220 e. The number of hydrogen-bond acceptors (Lipinski definition) is 3. The summed E-state index contributed by atoms with van der Waals surface area (Å²) >= 11 is 2.73. The number of nitrogens with zero attached hydrogens (tertiary/aromatic N) is 1. The minimum Gasteiger partial charge on any atom is -0.286 e. The summed E-state index contributed by atoms with van der Waals surface area (Å²) in [5, 5.41) is 3.27. The van der Waals surface area contributed by atoms with Crippen LogP contribution in [-0.2, 0) is 0 Å². The first-order valence-electron chi connectivity index (χ1n) is 6.46. The molecule has 0 bridgehead atoms. The molecule has 2 aromatic carbocycles. The van der Waals surface area contributed by atoms with Crippen molar-refractivity contribution in [3.8, 4) is 0 Å². The number of halogens is 7. The molecule has 1 N–H and O–H groups in total. The standard InChI is InChI=1S/C15H7BrF6N2O/c1-5-4-6(17)2-3-7(5)14(25)15(16)24-23-13-11(21)9(19)8(18)10(20)12(13)22/h2-4,23H,1H3/b24-15+. The Morgan fingerprint density at radius 2 is 1.48 bits per heavy atom. The highest BCUT2D eigenvalue weighted by Crippen LogP contribution is 2.27. The molecular weight excluding hydrogens is 418 g/mol. The van der Waals surface area contributed by atoms with Crippen LogP contribution < -0.4 is 5.43 Å². The summed E-state index contributed by atoms with van der Waals surface area (Å²) < 4.78 is 78.6. The number of anilines is 1. The van der Waals surface area contributed by atoms with Gasteiger partial charge < -0.3 is 0 Å². The largest absolute Gasteiger partial charge is 0.286 e. The molecule has 0 aliphatic rings. The summed E-state index contributed by atoms with van der Waals surface area (Å²) in [5.74, 6) is -12.3. The van der Waals surface area contributed by atoms with Gasteiger partial charge in [-0.05, 0) is 46.6 Å². The number of nitrogens with one attached hydrogen (secondary N) is 1. The van der Waals surface area contributed by atoms with Gasteiger partial charge in [-0.2, -0.15) is 5.10 Å². The van der Waals surface area contributed by atoms with Gasteiger partial charge >= 0.3 is 0 Å². The van der Waals surface area contributed by atoms with E-state index in [2.05, 4.69) is 21.0 Å². The monoisotopic (exact) mass is 424 g/mol. The number of hydrazone groups is 1. The Kier molecular flexibility index (Phi) is 5.51. The van der Waals surface area contributed by atoms with Crippen molar-refractivity contribution >= 4 is 32.0 Å². The van der Waals surface area contributed by atoms with Crippen LogP contribution in [0.5, 0.6) is 0 Å². The van der Waals surface area contributed by atoms with Gasteiger partial charge in [0.15, 0.2) is 27.9 Å². The normalized spacial score (nSPS) is 11.6. The first-order valence-corrected chi connectivity index (χ1v) is 7.26. The zero-order valence-corrected chi connectivity index (χ0v) is 13.8. The Hall–Kier alpha value is -2.36. The van der Waals surface area contributed by atoms with Gasteiger partial charge in [-0.25, -0.2) is 26.3 Å². The third kappa shape index (κ3) is 3.68. The topological polar surface area (TPSA) is 41.5 Å². The third-order valence-electron chi connectivity index (χ3n) is 3.10. The van der Waals surface area contributed by atoms with Gasteiger partial charge in [0.05, 0.1) is 0 Å². The Labute approximate surface area is 145 Å². The van der Waals surface area contributed by atoms with Crippen molar-refractivity contribution in [3.05, 3.63) is 64.2 Å². The lowest BCUT2D eigenvalue weighted by molar-refractivity contribution is 0.106. The molecule has 10 heteroatoms. The van der Waals surface area contributed by atoms with E-state index in [0.717, 1.165) is 18.2 Å². The summed E-state index contributed by atoms with van der Waals surface area (Å²) in [4.78, 5) is 12.1. The SMILES string of the molecule is Cc1cc(F)ccc1C(=O)/C(Br)=N\Nc1c(F)c(F)c(F)c(F)c1F. The molecule has 2 rings (SSSR count). The van der Waals surface area contributed by atoms with Gasteiger partial charge in [0.2, 0.25) is 11.6 Å². The van der Waals surface area contributed by atoms with Crippen LogP contribution in [0.2, 0.25) is 0 Å². The van der Waals surface area contributed by atoms with Crippen LogP contribution in [0.25, 0.3) is 0 Å². The molecule has 0 atom stereocenters. The molecule has 0 unspecified atom stereocenters. The Morgan fingerprint density at radius 3 is 2.00 bits per heavy atom. The molecular formula is C15H7BrF6N2O. The first-order chi connectivity index (χ1) is 11.6. The van der Waals surface area contributed by atoms with Crippen LogP contribution in [0.4, 0.5) is 32.0 Å². The first kappa shape index (κ1) is 19.0. The van der Waals surface area contributed by atoms with Gasteiger partial charge in [-0.3, -0.25) is 10.2 Å². The van der Waals surface area contributed by atoms with Crippen LogP contribution in [0.1, 0.15) is 15.9 Å². The summed E-state index contributed by atoms with van der Waals surface area (Å²) in [6.07, 6.45) is 0. The third-order valence-corrected chi connectivity index (χ3v) is 3.63. The van der Waals surface area contributed by atoms with Gasteiger partial charge in [0.1, 0.15) is 11.5 Å². The minimum atomic E-state index is -2.32. The lowest BCUT2D eigenvalue weighted by Gasteiger charge is -2.08. The van der Waals surface area contributed by atoms with Crippen LogP contribution in [-0.4, -0.2) is 10.4 Å². The maximum atomic E-state index is 13.5. The average molecular weight is 425 g/mol. The molecule has 0 aliphatic heterocycles. The number of carbonyl (C=O) groups excluding carboxylic acids is 1. The van der Waals surface area contributed by atoms with Crippen LogP contribution in [0.3, 0.4) is 0 Å². The number of benzene rings is 2. The van der Waals surface area contributed by atoms with E-state index in [1.165, 1.54) is 6.92 Å². The van der Waals surface area contributed by atoms with Crippen molar-refractivity contribution in [2.45, 2.75) is 6.92 Å². The van der Waals surface area contributed by atoms with Crippen LogP contribution >= 0.6 is 15.9 Å². The second-order valence-corrected chi connectivity index (χ2v) is 5.50. The molecule has 132 valence electrons. The highest BCUT2D eigenvalue weighted by atomic mass is 79.9. The van der Waals surface area contributed by atoms with E-state index in [1.54, 1.807) is 5.43 Å². The zero-order valence-electron chi connectivity index (χ0n) is 12.2. The van der Waals surface area contributed by atoms with Crippen molar-refractivity contribution in [2.24, 2.45) is 5.10 Å². The summed E-state index contributed by atoms with van der Waals surface area (Å²) in [7, 11) is 0. The van der Waals surface area contributed by atoms with E-state index in [-0.39, 0.29) is 11.1 Å². The lowest BCUT2D eigenvalue weighted by atomic mass is 10.1. The minimum absolute atomic E-state index is 0.0243. The molecule has 0 amide bonds. The van der Waals surface area contributed by atoms with Crippen molar-refractivity contribution in [3.63, 3.8) is 0 Å². The number of carbonyl (C=O) groups is 1. The zero-order chi connectivity index (χ0) is 18.9. The molecule has 0 heterocycles. The Morgan fingerprint density at radius 1 is 0.960 bits per heavy atom. The Balaban J connectivity index is 2.35. The predicted molar refractivity (Wildman–Crippen MR) is 81.7 cm³/mol. The van der Waals surface area contributed by atoms with E-state index in [4.69, 9.17) is 0 Å². The Bertz CT molecular complexity index is 871. The number of Topliss-reactive ketones (excluding diaryl/α,β-unsaturated/α-hetero) is 1. The predicted octanol–water partition coefficient (Wildman–Crippen LogP) is 4.83. The molecule has 25 heavy (non-hydrogen) atoms. The second kappa shape index (κ2) is 7.26. The fourth-order valence-corrected chi connectivity index (χ4v) is 2.15. The van der Waals surface area contributed by atoms with Crippen molar-refractivity contribution in [2.75, 3.05) is 5.43 Å². The molecule has 0 saturated heterocycles. The maximum Gasteiger partial charge on any atom is 0.220 e. The van der Waals surface area contributed by atoms with E-state index < -0.39 is 51.0 Å². The number of hydrogen-bond donors (Lipinski definition) is 1. The average Bonchev–Trinajstić information content (AvgIpc) is 2.57. The highest BCUT2D eigenvalue weighted by Gasteiger charge is 2.26. The number of rotatable bonds is 4. The van der Waals surface area contributed by atoms with E-state index >= 15 is 0 Å². The summed E-state index contributed by atoms with van der Waals surface area (Å²) in [6, 6.07) is 3.24. The van der Waals surface area contributed by atoms with Gasteiger partial charge in [0, 0.05) is 5.56 Å². The van der Waals surface area contributed by atoms with Crippen LogP contribution in [0, 0.1) is 41.8 Å². The summed E-state index contributed by atoms with van der Waals surface area (Å²) in [6.45, 7) is 1.44. The van der Waals surface area contributed by atoms with E-state index in [0.29, 0.717) is 0 Å². The molecule has 3 nitrogen and oxygen atoms in total. The van der Waals surface area contributed by atoms with Crippen LogP contribution in [0.15, 0.2) is 23.3 Å². The highest BCUT2D eigenvalue weighted by molar-refractivity contribution is 9.19. The van der Waals surface area contributed by atoms with E-state index in [9.17, 15) is 31.1 Å². The maximum absolute atomic E-state index is 13.5. The fraction of sp³-hybridized carbons (Fsp3) is 0.0667. The lowest BCUT2D eigenvalue weighted by Crippen LogP contribution is -2.13. The van der Waals surface area contributed by atoms with Crippen molar-refractivity contribution < 1.29 is 31.1 Å². The molecule has 0 saturated carbocycles. The fourth-order valence-electron chi connectivity index (χ4n) is 1.85. The van der Waals surface area contributed by atoms with Gasteiger partial charge in [-0.1, -0.05) is 0 Å². The molecule has 2 aromatic rings.